The molecule has 0 radical (unpaired) electrons. The average molecular weight is 383 g/mol. The van der Waals surface area contributed by atoms with Crippen LogP contribution >= 0.6 is 12.4 Å². The molecule has 2 aromatic rings. The van der Waals surface area contributed by atoms with Crippen molar-refractivity contribution in [3.63, 3.8) is 0 Å². The Bertz CT molecular complexity index is 688. The molecule has 1 aliphatic rings. The lowest BCUT2D eigenvalue weighted by Gasteiger charge is -2.39. The second-order valence-corrected chi connectivity index (χ2v) is 6.26. The van der Waals surface area contributed by atoms with Crippen LogP contribution in [0.15, 0.2) is 42.7 Å². The SMILES string of the molecule is CN(CCOc1ccc(F)cc1)C(=O)C1(n2cccn2)CCNCC1.Cl. The standard InChI is InChI=1S/C18H23FN4O2.ClH/c1-22(13-14-25-16-5-3-15(19)4-6-16)17(24)18(7-10-20-11-8-18)23-12-2-9-21-23;/h2-6,9,12,20H,7-8,10-11,13-14H2,1H3;1H. The lowest BCUT2D eigenvalue weighted by atomic mass is 9.87. The molecule has 0 bridgehead atoms. The maximum atomic E-state index is 13.1. The van der Waals surface area contributed by atoms with E-state index in [1.54, 1.807) is 35.0 Å². The minimum Gasteiger partial charge on any atom is -0.492 e. The summed E-state index contributed by atoms with van der Waals surface area (Å²) in [6, 6.07) is 7.71. The molecule has 26 heavy (non-hydrogen) atoms. The van der Waals surface area contributed by atoms with E-state index in [1.165, 1.54) is 12.1 Å². The van der Waals surface area contributed by atoms with Gasteiger partial charge in [-0.2, -0.15) is 5.10 Å². The van der Waals surface area contributed by atoms with Crippen molar-refractivity contribution in [2.24, 2.45) is 0 Å². The minimum atomic E-state index is -0.640. The van der Waals surface area contributed by atoms with Crippen molar-refractivity contribution in [1.82, 2.24) is 20.0 Å². The number of hydrogen-bond donors (Lipinski definition) is 1. The van der Waals surface area contributed by atoms with Crippen molar-refractivity contribution in [2.75, 3.05) is 33.3 Å². The van der Waals surface area contributed by atoms with Gasteiger partial charge in [-0.15, -0.1) is 12.4 Å². The molecule has 0 aliphatic carbocycles. The summed E-state index contributed by atoms with van der Waals surface area (Å²) >= 11 is 0. The van der Waals surface area contributed by atoms with Gasteiger partial charge in [-0.3, -0.25) is 9.48 Å². The Labute approximate surface area is 158 Å². The van der Waals surface area contributed by atoms with Gasteiger partial charge in [0.15, 0.2) is 0 Å². The summed E-state index contributed by atoms with van der Waals surface area (Å²) in [7, 11) is 1.78. The first kappa shape index (κ1) is 20.2. The van der Waals surface area contributed by atoms with Gasteiger partial charge in [-0.05, 0) is 56.3 Å². The number of nitrogens with zero attached hydrogens (tertiary/aromatic N) is 3. The molecule has 2 heterocycles. The number of hydrogen-bond acceptors (Lipinski definition) is 4. The van der Waals surface area contributed by atoms with Crippen LogP contribution in [0, 0.1) is 5.82 Å². The van der Waals surface area contributed by atoms with Gasteiger partial charge in [0, 0.05) is 19.4 Å². The highest BCUT2D eigenvalue weighted by molar-refractivity contribution is 5.85. The zero-order valence-corrected chi connectivity index (χ0v) is 15.5. The van der Waals surface area contributed by atoms with Crippen LogP contribution in [0.2, 0.25) is 0 Å². The second kappa shape index (κ2) is 9.00. The number of carbonyl (C=O) groups is 1. The Morgan fingerprint density at radius 1 is 1.35 bits per heavy atom. The summed E-state index contributed by atoms with van der Waals surface area (Å²) in [4.78, 5) is 14.8. The van der Waals surface area contributed by atoms with Gasteiger partial charge in [0.2, 0.25) is 0 Å². The Hall–Kier alpha value is -2.12. The molecule has 0 atom stereocenters. The molecule has 0 unspecified atom stereocenters. The Balaban J connectivity index is 0.00000243. The van der Waals surface area contributed by atoms with Gasteiger partial charge in [0.1, 0.15) is 23.7 Å². The van der Waals surface area contributed by atoms with Crippen LogP contribution in [0.4, 0.5) is 4.39 Å². The fourth-order valence-corrected chi connectivity index (χ4v) is 3.19. The van der Waals surface area contributed by atoms with Gasteiger partial charge >= 0.3 is 0 Å². The number of nitrogens with one attached hydrogen (secondary N) is 1. The zero-order chi connectivity index (χ0) is 17.7. The molecular weight excluding hydrogens is 359 g/mol. The predicted molar refractivity (Wildman–Crippen MR) is 99.1 cm³/mol. The first-order valence-corrected chi connectivity index (χ1v) is 8.47. The maximum absolute atomic E-state index is 13.1. The maximum Gasteiger partial charge on any atom is 0.250 e. The highest BCUT2D eigenvalue weighted by atomic mass is 35.5. The predicted octanol–water partition coefficient (Wildman–Crippen LogP) is 2.06. The Kier molecular flexibility index (Phi) is 6.99. The van der Waals surface area contributed by atoms with Crippen molar-refractivity contribution in [3.05, 3.63) is 48.5 Å². The lowest BCUT2D eigenvalue weighted by Crippen LogP contribution is -2.55. The van der Waals surface area contributed by atoms with E-state index in [0.29, 0.717) is 31.7 Å². The molecule has 1 saturated heterocycles. The van der Waals surface area contributed by atoms with E-state index in [4.69, 9.17) is 4.74 Å². The summed E-state index contributed by atoms with van der Waals surface area (Å²) in [5, 5.41) is 7.62. The summed E-state index contributed by atoms with van der Waals surface area (Å²) in [6.45, 7) is 2.37. The van der Waals surface area contributed by atoms with Crippen molar-refractivity contribution in [2.45, 2.75) is 18.4 Å². The molecule has 1 N–H and O–H groups in total. The van der Waals surface area contributed by atoms with Gasteiger partial charge in [0.25, 0.3) is 5.91 Å². The van der Waals surface area contributed by atoms with E-state index in [1.807, 2.05) is 12.3 Å². The quantitative estimate of drug-likeness (QED) is 0.830. The van der Waals surface area contributed by atoms with Crippen LogP contribution in [0.3, 0.4) is 0 Å². The molecule has 1 fully saturated rings. The number of rotatable bonds is 6. The zero-order valence-electron chi connectivity index (χ0n) is 14.7. The van der Waals surface area contributed by atoms with E-state index < -0.39 is 5.54 Å². The van der Waals surface area contributed by atoms with E-state index >= 15 is 0 Å². The normalized spacial score (nSPS) is 15.8. The van der Waals surface area contributed by atoms with Crippen molar-refractivity contribution >= 4 is 18.3 Å². The molecule has 0 saturated carbocycles. The minimum absolute atomic E-state index is 0. The van der Waals surface area contributed by atoms with Gasteiger partial charge in [-0.25, -0.2) is 4.39 Å². The monoisotopic (exact) mass is 382 g/mol. The van der Waals surface area contributed by atoms with E-state index in [2.05, 4.69) is 10.4 Å². The average Bonchev–Trinajstić information content (AvgIpc) is 3.18. The van der Waals surface area contributed by atoms with Crippen molar-refractivity contribution in [3.8, 4) is 5.75 Å². The van der Waals surface area contributed by atoms with E-state index in [0.717, 1.165) is 13.1 Å². The molecule has 6 nitrogen and oxygen atoms in total. The van der Waals surface area contributed by atoms with Crippen LogP contribution < -0.4 is 10.1 Å². The Morgan fingerprint density at radius 2 is 2.04 bits per heavy atom. The molecular formula is C18H24ClFN4O2. The van der Waals surface area contributed by atoms with Crippen molar-refractivity contribution in [1.29, 1.82) is 0 Å². The number of carbonyl (C=O) groups excluding carboxylic acids is 1. The van der Waals surface area contributed by atoms with E-state index in [9.17, 15) is 9.18 Å². The summed E-state index contributed by atoms with van der Waals surface area (Å²) < 4.78 is 20.3. The van der Waals surface area contributed by atoms with Crippen LogP contribution in [0.25, 0.3) is 0 Å². The molecule has 3 rings (SSSR count). The number of likely N-dealkylation sites (N-methyl/N-ethyl adjacent to an activating group) is 1. The molecule has 8 heteroatoms. The first-order chi connectivity index (χ1) is 12.1. The summed E-state index contributed by atoms with van der Waals surface area (Å²) in [6.07, 6.45) is 4.97. The molecule has 0 spiro atoms. The summed E-state index contributed by atoms with van der Waals surface area (Å²) in [5.41, 5.74) is -0.640. The highest BCUT2D eigenvalue weighted by Gasteiger charge is 2.43. The molecule has 1 amide bonds. The van der Waals surface area contributed by atoms with Crippen LogP contribution in [0.5, 0.6) is 5.75 Å². The van der Waals surface area contributed by atoms with Gasteiger partial charge in [0.05, 0.1) is 6.54 Å². The van der Waals surface area contributed by atoms with Crippen LogP contribution in [-0.4, -0.2) is 53.9 Å². The third kappa shape index (κ3) is 4.34. The van der Waals surface area contributed by atoms with Crippen LogP contribution in [-0.2, 0) is 10.3 Å². The van der Waals surface area contributed by atoms with Gasteiger partial charge in [-0.1, -0.05) is 0 Å². The highest BCUT2D eigenvalue weighted by Crippen LogP contribution is 2.29. The van der Waals surface area contributed by atoms with E-state index in [-0.39, 0.29) is 24.1 Å². The number of ether oxygens (including phenoxy) is 1. The number of amides is 1. The second-order valence-electron chi connectivity index (χ2n) is 6.26. The van der Waals surface area contributed by atoms with Crippen molar-refractivity contribution < 1.29 is 13.9 Å². The number of aromatic nitrogens is 2. The van der Waals surface area contributed by atoms with Crippen LogP contribution in [0.1, 0.15) is 12.8 Å². The lowest BCUT2D eigenvalue weighted by molar-refractivity contribution is -0.142. The Morgan fingerprint density at radius 3 is 2.65 bits per heavy atom. The number of halogens is 2. The fraction of sp³-hybridized carbons (Fsp3) is 0.444. The van der Waals surface area contributed by atoms with Gasteiger partial charge < -0.3 is 15.0 Å². The third-order valence-electron chi connectivity index (χ3n) is 4.63. The molecule has 1 aromatic carbocycles. The fourth-order valence-electron chi connectivity index (χ4n) is 3.19. The largest absolute Gasteiger partial charge is 0.492 e. The smallest absolute Gasteiger partial charge is 0.250 e. The number of benzene rings is 1. The topological polar surface area (TPSA) is 59.4 Å². The molecule has 1 aromatic heterocycles. The summed E-state index contributed by atoms with van der Waals surface area (Å²) in [5.74, 6) is 0.332. The molecule has 1 aliphatic heterocycles. The first-order valence-electron chi connectivity index (χ1n) is 8.47. The third-order valence-corrected chi connectivity index (χ3v) is 4.63. The molecule has 142 valence electrons. The number of piperidine rings is 1.